The van der Waals surface area contributed by atoms with E-state index in [1.807, 2.05) is 30.3 Å². The molecule has 0 saturated heterocycles. The lowest BCUT2D eigenvalue weighted by atomic mass is 10.1. The number of ketones is 1. The van der Waals surface area contributed by atoms with Gasteiger partial charge in [0, 0.05) is 19.7 Å². The number of ether oxygens (including phenoxy) is 2. The van der Waals surface area contributed by atoms with E-state index in [4.69, 9.17) is 9.47 Å². The summed E-state index contributed by atoms with van der Waals surface area (Å²) < 4.78 is 10.6. The van der Waals surface area contributed by atoms with E-state index in [0.29, 0.717) is 17.9 Å². The molecule has 0 heterocycles. The first kappa shape index (κ1) is 16.7. The van der Waals surface area contributed by atoms with Crippen LogP contribution in [0.1, 0.15) is 22.8 Å². The van der Waals surface area contributed by atoms with Gasteiger partial charge in [0.25, 0.3) is 0 Å². The number of nitrogens with one attached hydrogen (secondary N) is 1. The summed E-state index contributed by atoms with van der Waals surface area (Å²) in [5.74, 6) is 0.296. The number of rotatable bonds is 7. The summed E-state index contributed by atoms with van der Waals surface area (Å²) in [5, 5.41) is 2.71. The molecule has 0 atom stereocenters. The molecule has 0 radical (unpaired) electrons. The van der Waals surface area contributed by atoms with Gasteiger partial charge in [-0.15, -0.1) is 0 Å². The van der Waals surface area contributed by atoms with Gasteiger partial charge >= 0.3 is 0 Å². The summed E-state index contributed by atoms with van der Waals surface area (Å²) in [6, 6.07) is 14.4. The maximum Gasteiger partial charge on any atom is 0.221 e. The Balaban J connectivity index is 2.03. The Morgan fingerprint density at radius 1 is 1.04 bits per heavy atom. The smallest absolute Gasteiger partial charge is 0.221 e. The number of amides is 1. The number of methoxy groups -OCH3 is 1. The summed E-state index contributed by atoms with van der Waals surface area (Å²) in [4.78, 5) is 23.0. The first-order chi connectivity index (χ1) is 11.1. The van der Waals surface area contributed by atoms with Crippen LogP contribution in [0.15, 0.2) is 48.5 Å². The van der Waals surface area contributed by atoms with Crippen LogP contribution in [0.3, 0.4) is 0 Å². The van der Waals surface area contributed by atoms with E-state index in [9.17, 15) is 9.59 Å². The van der Waals surface area contributed by atoms with Crippen molar-refractivity contribution in [1.82, 2.24) is 0 Å². The molecule has 0 fully saturated rings. The van der Waals surface area contributed by atoms with Crippen molar-refractivity contribution in [3.8, 4) is 5.75 Å². The Hall–Kier alpha value is -2.66. The number of para-hydroxylation sites is 1. The molecule has 23 heavy (non-hydrogen) atoms. The molecule has 0 aliphatic carbocycles. The van der Waals surface area contributed by atoms with Crippen LogP contribution in [0, 0.1) is 0 Å². The Bertz CT molecular complexity index is 680. The highest BCUT2D eigenvalue weighted by molar-refractivity contribution is 5.99. The quantitative estimate of drug-likeness (QED) is 0.798. The topological polar surface area (TPSA) is 64.6 Å². The maximum absolute atomic E-state index is 12.0. The summed E-state index contributed by atoms with van der Waals surface area (Å²) in [6.45, 7) is 1.81. The third kappa shape index (κ3) is 4.93. The van der Waals surface area contributed by atoms with Crippen LogP contribution in [0.2, 0.25) is 0 Å². The number of carbonyl (C=O) groups excluding carboxylic acids is 2. The maximum atomic E-state index is 12.0. The molecular weight excluding hydrogens is 294 g/mol. The molecule has 0 bridgehead atoms. The van der Waals surface area contributed by atoms with Crippen molar-refractivity contribution in [2.45, 2.75) is 13.5 Å². The largest absolute Gasteiger partial charge is 0.488 e. The molecule has 0 saturated carbocycles. The summed E-state index contributed by atoms with van der Waals surface area (Å²) in [6.07, 6.45) is 0. The molecule has 0 unspecified atom stereocenters. The number of anilines is 1. The molecule has 1 amide bonds. The lowest BCUT2D eigenvalue weighted by molar-refractivity contribution is -0.114. The zero-order valence-corrected chi connectivity index (χ0v) is 13.2. The molecule has 0 aromatic heterocycles. The van der Waals surface area contributed by atoms with Crippen LogP contribution in [0.25, 0.3) is 0 Å². The van der Waals surface area contributed by atoms with Gasteiger partial charge in [0.05, 0.1) is 5.56 Å². The van der Waals surface area contributed by atoms with Crippen LogP contribution in [0.4, 0.5) is 5.69 Å². The van der Waals surface area contributed by atoms with E-state index in [-0.39, 0.29) is 18.3 Å². The third-order valence-electron chi connectivity index (χ3n) is 3.13. The van der Waals surface area contributed by atoms with Gasteiger partial charge in [0.15, 0.2) is 5.78 Å². The van der Waals surface area contributed by atoms with Crippen molar-refractivity contribution in [1.29, 1.82) is 0 Å². The van der Waals surface area contributed by atoms with Gasteiger partial charge in [-0.3, -0.25) is 9.59 Å². The average Bonchev–Trinajstić information content (AvgIpc) is 2.54. The highest BCUT2D eigenvalue weighted by atomic mass is 16.5. The second kappa shape index (κ2) is 8.10. The summed E-state index contributed by atoms with van der Waals surface area (Å²) >= 11 is 0. The number of carbonyl (C=O) groups is 2. The van der Waals surface area contributed by atoms with Crippen LogP contribution in [-0.4, -0.2) is 25.4 Å². The normalized spacial score (nSPS) is 10.2. The van der Waals surface area contributed by atoms with Gasteiger partial charge in [-0.2, -0.15) is 0 Å². The molecule has 2 rings (SSSR count). The zero-order valence-electron chi connectivity index (χ0n) is 13.2. The molecular formula is C18H19NO4. The monoisotopic (exact) mass is 313 g/mol. The second-order valence-electron chi connectivity index (χ2n) is 5.02. The van der Waals surface area contributed by atoms with Gasteiger partial charge in [0.1, 0.15) is 19.0 Å². The Morgan fingerprint density at radius 3 is 2.39 bits per heavy atom. The summed E-state index contributed by atoms with van der Waals surface area (Å²) in [5.41, 5.74) is 2.18. The molecule has 0 aliphatic rings. The number of hydrogen-bond acceptors (Lipinski definition) is 4. The molecule has 120 valence electrons. The first-order valence-electron chi connectivity index (χ1n) is 7.20. The van der Waals surface area contributed by atoms with Gasteiger partial charge in [-0.05, 0) is 29.8 Å². The predicted octanol–water partition coefficient (Wildman–Crippen LogP) is 3.05. The van der Waals surface area contributed by atoms with Crippen LogP contribution in [0.5, 0.6) is 5.75 Å². The highest BCUT2D eigenvalue weighted by Crippen LogP contribution is 2.20. The minimum Gasteiger partial charge on any atom is -0.488 e. The lowest BCUT2D eigenvalue weighted by Crippen LogP contribution is -2.09. The third-order valence-corrected chi connectivity index (χ3v) is 3.13. The molecule has 1 N–H and O–H groups in total. The number of Topliss-reactive ketones (excluding diaryl/α,β-unsaturated/α-hetero) is 1. The van der Waals surface area contributed by atoms with Crippen molar-refractivity contribution >= 4 is 17.4 Å². The van der Waals surface area contributed by atoms with E-state index in [1.54, 1.807) is 18.2 Å². The molecule has 2 aromatic rings. The van der Waals surface area contributed by atoms with E-state index in [0.717, 1.165) is 11.3 Å². The van der Waals surface area contributed by atoms with Gasteiger partial charge in [0.2, 0.25) is 5.91 Å². The fourth-order valence-electron chi connectivity index (χ4n) is 2.08. The van der Waals surface area contributed by atoms with Crippen LogP contribution < -0.4 is 10.1 Å². The average molecular weight is 313 g/mol. The fraction of sp³-hybridized carbons (Fsp3) is 0.222. The van der Waals surface area contributed by atoms with Gasteiger partial charge < -0.3 is 14.8 Å². The molecule has 2 aromatic carbocycles. The number of hydrogen-bond donors (Lipinski definition) is 1. The number of benzene rings is 2. The molecule has 0 spiro atoms. The summed E-state index contributed by atoms with van der Waals surface area (Å²) in [7, 11) is 1.48. The van der Waals surface area contributed by atoms with Crippen LogP contribution in [-0.2, 0) is 16.1 Å². The van der Waals surface area contributed by atoms with Crippen molar-refractivity contribution < 1.29 is 19.1 Å². The minimum absolute atomic E-state index is 0.0196. The van der Waals surface area contributed by atoms with Gasteiger partial charge in [-0.1, -0.05) is 24.3 Å². The van der Waals surface area contributed by atoms with Crippen molar-refractivity contribution in [2.75, 3.05) is 19.0 Å². The van der Waals surface area contributed by atoms with Crippen molar-refractivity contribution in [2.24, 2.45) is 0 Å². The van der Waals surface area contributed by atoms with Gasteiger partial charge in [-0.25, -0.2) is 0 Å². The van der Waals surface area contributed by atoms with Crippen molar-refractivity contribution in [3.05, 3.63) is 59.7 Å². The van der Waals surface area contributed by atoms with Crippen molar-refractivity contribution in [3.63, 3.8) is 0 Å². The highest BCUT2D eigenvalue weighted by Gasteiger charge is 2.11. The first-order valence-corrected chi connectivity index (χ1v) is 7.20. The molecule has 5 nitrogen and oxygen atoms in total. The Labute approximate surface area is 135 Å². The lowest BCUT2D eigenvalue weighted by Gasteiger charge is -2.11. The van der Waals surface area contributed by atoms with E-state index in [2.05, 4.69) is 5.32 Å². The zero-order chi connectivity index (χ0) is 16.7. The van der Waals surface area contributed by atoms with E-state index in [1.165, 1.54) is 14.0 Å². The predicted molar refractivity (Wildman–Crippen MR) is 87.7 cm³/mol. The minimum atomic E-state index is -0.121. The second-order valence-corrected chi connectivity index (χ2v) is 5.02. The Kier molecular flexibility index (Phi) is 5.88. The van der Waals surface area contributed by atoms with E-state index >= 15 is 0 Å². The molecule has 0 aliphatic heterocycles. The standard InChI is InChI=1S/C18H19NO4/c1-13(20)19-15-9-7-14(8-10-15)11-23-18-6-4-3-5-16(18)17(21)12-22-2/h3-10H,11-12H2,1-2H3,(H,19,20). The SMILES string of the molecule is COCC(=O)c1ccccc1OCc1ccc(NC(C)=O)cc1. The van der Waals surface area contributed by atoms with Crippen LogP contribution >= 0.6 is 0 Å². The van der Waals surface area contributed by atoms with E-state index < -0.39 is 0 Å². The fourth-order valence-corrected chi connectivity index (χ4v) is 2.08. The molecule has 5 heteroatoms. The Morgan fingerprint density at radius 2 is 1.74 bits per heavy atom.